The van der Waals surface area contributed by atoms with Gasteiger partial charge in [0.15, 0.2) is 0 Å². The van der Waals surface area contributed by atoms with E-state index in [9.17, 15) is 0 Å². The summed E-state index contributed by atoms with van der Waals surface area (Å²) in [6.45, 7) is 10.9. The highest BCUT2D eigenvalue weighted by Crippen LogP contribution is 2.65. The van der Waals surface area contributed by atoms with E-state index in [-0.39, 0.29) is 16.7 Å². The first-order valence-corrected chi connectivity index (χ1v) is 12.1. The Hall–Kier alpha value is -1.52. The Balaban J connectivity index is 1.93. The molecule has 3 atom stereocenters. The molecule has 4 rings (SSSR count). The van der Waals surface area contributed by atoms with E-state index >= 15 is 0 Å². The largest absolute Gasteiger partial charge is 0.496 e. The zero-order valence-electron chi connectivity index (χ0n) is 20.6. The van der Waals surface area contributed by atoms with Gasteiger partial charge in [0, 0.05) is 18.0 Å². The number of rotatable bonds is 11. The predicted molar refractivity (Wildman–Crippen MR) is 130 cm³/mol. The van der Waals surface area contributed by atoms with Gasteiger partial charge in [0.1, 0.15) is 11.5 Å². The number of ether oxygens (including phenoxy) is 2. The van der Waals surface area contributed by atoms with Gasteiger partial charge < -0.3 is 20.9 Å². The van der Waals surface area contributed by atoms with Crippen LogP contribution in [-0.4, -0.2) is 27.3 Å². The highest BCUT2D eigenvalue weighted by molar-refractivity contribution is 5.55. The van der Waals surface area contributed by atoms with Crippen molar-refractivity contribution in [3.05, 3.63) is 34.9 Å². The number of unbranched alkanes of at least 4 members (excludes halogenated alkanes) is 3. The maximum absolute atomic E-state index is 6.14. The first-order valence-electron chi connectivity index (χ1n) is 12.1. The van der Waals surface area contributed by atoms with Crippen LogP contribution in [0.3, 0.4) is 0 Å². The van der Waals surface area contributed by atoms with Crippen LogP contribution in [0, 0.1) is 17.3 Å². The number of methoxy groups -OCH3 is 2. The summed E-state index contributed by atoms with van der Waals surface area (Å²) in [6.07, 6.45) is 9.54. The molecule has 4 nitrogen and oxygen atoms in total. The molecule has 3 aliphatic rings. The zero-order valence-corrected chi connectivity index (χ0v) is 20.6. The summed E-state index contributed by atoms with van der Waals surface area (Å²) in [5, 5.41) is 0. The minimum absolute atomic E-state index is 0.0630. The number of fused-ring (bicyclic) bond motifs is 1. The van der Waals surface area contributed by atoms with Crippen molar-refractivity contribution < 1.29 is 9.47 Å². The van der Waals surface area contributed by atoms with Crippen LogP contribution >= 0.6 is 0 Å². The van der Waals surface area contributed by atoms with E-state index in [1.54, 1.807) is 14.2 Å². The molecule has 0 aliphatic heterocycles. The molecule has 3 unspecified atom stereocenters. The number of allylic oxidation sites excluding steroid dienone is 1. The number of hydrogen-bond donors (Lipinski definition) is 2. The Kier molecular flexibility index (Phi) is 7.43. The van der Waals surface area contributed by atoms with Crippen molar-refractivity contribution in [1.29, 1.82) is 0 Å². The van der Waals surface area contributed by atoms with E-state index < -0.39 is 0 Å². The summed E-state index contributed by atoms with van der Waals surface area (Å²) in [6, 6.07) is 4.51. The van der Waals surface area contributed by atoms with Gasteiger partial charge in [0.05, 0.1) is 14.2 Å². The van der Waals surface area contributed by atoms with Gasteiger partial charge in [-0.3, -0.25) is 0 Å². The lowest BCUT2D eigenvalue weighted by molar-refractivity contribution is -0.0206. The van der Waals surface area contributed by atoms with Gasteiger partial charge in [-0.15, -0.1) is 0 Å². The molecule has 1 saturated carbocycles. The van der Waals surface area contributed by atoms with Crippen LogP contribution in [0.5, 0.6) is 11.5 Å². The number of hydrogen-bond acceptors (Lipinski definition) is 4. The van der Waals surface area contributed by atoms with E-state index in [0.29, 0.717) is 18.4 Å². The van der Waals surface area contributed by atoms with Gasteiger partial charge in [0.2, 0.25) is 0 Å². The maximum atomic E-state index is 6.14. The molecule has 2 bridgehead atoms. The monoisotopic (exact) mass is 428 g/mol. The van der Waals surface area contributed by atoms with Gasteiger partial charge in [-0.2, -0.15) is 0 Å². The van der Waals surface area contributed by atoms with Crippen molar-refractivity contribution in [1.82, 2.24) is 0 Å². The Morgan fingerprint density at radius 3 is 2.13 bits per heavy atom. The topological polar surface area (TPSA) is 70.5 Å². The first-order chi connectivity index (χ1) is 14.7. The second-order valence-corrected chi connectivity index (χ2v) is 10.8. The standard InChI is InChI=1S/C27H44N2O2/c1-26(2,11-9-7-8-10-12-28)19-14-23(30-5)25(24(15-19)31-6)20-13-18(17-29)21-16-22(20)27(21,3)4/h13-15,20-22H,7-12,16-17,28-29H2,1-6H3. The molecule has 31 heavy (non-hydrogen) atoms. The summed E-state index contributed by atoms with van der Waals surface area (Å²) < 4.78 is 12.0. The highest BCUT2D eigenvalue weighted by Gasteiger charge is 2.55. The Morgan fingerprint density at radius 2 is 1.61 bits per heavy atom. The summed E-state index contributed by atoms with van der Waals surface area (Å²) in [5.41, 5.74) is 16.0. The van der Waals surface area contributed by atoms with Crippen molar-refractivity contribution in [2.75, 3.05) is 27.3 Å². The highest BCUT2D eigenvalue weighted by atomic mass is 16.5. The smallest absolute Gasteiger partial charge is 0.126 e. The molecule has 0 heterocycles. The molecule has 0 aromatic heterocycles. The zero-order chi connectivity index (χ0) is 22.8. The van der Waals surface area contributed by atoms with Gasteiger partial charge in [-0.25, -0.2) is 0 Å². The van der Waals surface area contributed by atoms with Gasteiger partial charge in [0.25, 0.3) is 0 Å². The molecule has 1 aromatic rings. The van der Waals surface area contributed by atoms with E-state index in [1.165, 1.54) is 42.4 Å². The second kappa shape index (κ2) is 9.54. The van der Waals surface area contributed by atoms with Crippen LogP contribution in [-0.2, 0) is 5.41 Å². The molecule has 4 heteroatoms. The molecule has 174 valence electrons. The third-order valence-electron chi connectivity index (χ3n) is 8.27. The third kappa shape index (κ3) is 4.52. The molecule has 0 spiro atoms. The quantitative estimate of drug-likeness (QED) is 0.359. The van der Waals surface area contributed by atoms with Crippen molar-refractivity contribution in [2.24, 2.45) is 28.7 Å². The van der Waals surface area contributed by atoms with E-state index in [0.717, 1.165) is 30.9 Å². The van der Waals surface area contributed by atoms with Gasteiger partial charge >= 0.3 is 0 Å². The lowest BCUT2D eigenvalue weighted by atomic mass is 9.45. The fourth-order valence-electron chi connectivity index (χ4n) is 6.02. The van der Waals surface area contributed by atoms with Crippen LogP contribution in [0.15, 0.2) is 23.8 Å². The first kappa shape index (κ1) is 24.1. The maximum Gasteiger partial charge on any atom is 0.126 e. The second-order valence-electron chi connectivity index (χ2n) is 10.8. The molecule has 4 N–H and O–H groups in total. The molecule has 1 aromatic carbocycles. The Bertz CT molecular complexity index is 771. The van der Waals surface area contributed by atoms with Crippen LogP contribution in [0.4, 0.5) is 0 Å². The Labute approximate surface area is 189 Å². The van der Waals surface area contributed by atoms with Gasteiger partial charge in [-0.05, 0) is 66.2 Å². The molecule has 0 amide bonds. The molecule has 1 fully saturated rings. The van der Waals surface area contributed by atoms with E-state index in [2.05, 4.69) is 45.9 Å². The van der Waals surface area contributed by atoms with Crippen molar-refractivity contribution in [3.8, 4) is 11.5 Å². The molecule has 3 aliphatic carbocycles. The summed E-state index contributed by atoms with van der Waals surface area (Å²) in [7, 11) is 3.57. The third-order valence-corrected chi connectivity index (χ3v) is 8.27. The molecular formula is C27H44N2O2. The molecular weight excluding hydrogens is 384 g/mol. The van der Waals surface area contributed by atoms with Crippen molar-refractivity contribution in [3.63, 3.8) is 0 Å². The average molecular weight is 429 g/mol. The molecule has 0 radical (unpaired) electrons. The molecule has 0 saturated heterocycles. The Morgan fingerprint density at radius 1 is 1.00 bits per heavy atom. The minimum Gasteiger partial charge on any atom is -0.496 e. The van der Waals surface area contributed by atoms with Crippen LogP contribution in [0.1, 0.15) is 83.3 Å². The average Bonchev–Trinajstić information content (AvgIpc) is 2.76. The lowest BCUT2D eigenvalue weighted by Gasteiger charge is -2.59. The fourth-order valence-corrected chi connectivity index (χ4v) is 6.02. The fraction of sp³-hybridized carbons (Fsp3) is 0.704. The predicted octanol–water partition coefficient (Wildman–Crippen LogP) is 5.54. The summed E-state index contributed by atoms with van der Waals surface area (Å²) in [4.78, 5) is 0. The van der Waals surface area contributed by atoms with Gasteiger partial charge in [-0.1, -0.05) is 58.6 Å². The van der Waals surface area contributed by atoms with Crippen LogP contribution < -0.4 is 20.9 Å². The minimum atomic E-state index is 0.0630. The van der Waals surface area contributed by atoms with Crippen molar-refractivity contribution >= 4 is 0 Å². The number of benzene rings is 1. The van der Waals surface area contributed by atoms with Crippen LogP contribution in [0.25, 0.3) is 0 Å². The summed E-state index contributed by atoms with van der Waals surface area (Å²) in [5.74, 6) is 3.40. The van der Waals surface area contributed by atoms with E-state index in [4.69, 9.17) is 20.9 Å². The SMILES string of the molecule is COc1cc(C(C)(C)CCCCCCN)cc(OC)c1C1C=C(CN)C2CC1C2(C)C. The number of nitrogens with two attached hydrogens (primary N) is 2. The van der Waals surface area contributed by atoms with E-state index in [1.807, 2.05) is 0 Å². The lowest BCUT2D eigenvalue weighted by Crippen LogP contribution is -2.52. The normalized spacial score (nSPS) is 24.4. The van der Waals surface area contributed by atoms with Crippen molar-refractivity contribution in [2.45, 2.75) is 77.6 Å². The van der Waals surface area contributed by atoms with Crippen LogP contribution in [0.2, 0.25) is 0 Å². The summed E-state index contributed by atoms with van der Waals surface area (Å²) >= 11 is 0.